The van der Waals surface area contributed by atoms with Gasteiger partial charge in [-0.05, 0) is 37.0 Å². The molecule has 0 saturated carbocycles. The zero-order chi connectivity index (χ0) is 35.7. The summed E-state index contributed by atoms with van der Waals surface area (Å²) in [6.45, 7) is 13.5. The Labute approximate surface area is 298 Å². The van der Waals surface area contributed by atoms with E-state index in [0.717, 1.165) is 75.5 Å². The third-order valence-electron chi connectivity index (χ3n) is 9.51. The second-order valence-electron chi connectivity index (χ2n) is 15.5. The van der Waals surface area contributed by atoms with E-state index in [1.165, 1.54) is 96.3 Å². The molecule has 0 heterocycles. The molecular weight excluding hydrogens is 600 g/mol. The zero-order valence-corrected chi connectivity index (χ0v) is 32.8. The van der Waals surface area contributed by atoms with Crippen LogP contribution >= 0.6 is 0 Å². The summed E-state index contributed by atoms with van der Waals surface area (Å²) >= 11 is 0. The fourth-order valence-corrected chi connectivity index (χ4v) is 5.96. The minimum Gasteiger partial charge on any atom is -0.462 e. The molecule has 48 heavy (non-hydrogen) atoms. The van der Waals surface area contributed by atoms with Crippen LogP contribution in [0.4, 0.5) is 0 Å². The molecular formula is C42H80O6. The van der Waals surface area contributed by atoms with E-state index in [1.54, 1.807) is 0 Å². The molecule has 0 N–H and O–H groups in total. The molecule has 0 amide bonds. The Morgan fingerprint density at radius 2 is 0.729 bits per heavy atom. The molecule has 0 aliphatic heterocycles. The van der Waals surface area contributed by atoms with Gasteiger partial charge in [0, 0.05) is 19.3 Å². The lowest BCUT2D eigenvalue weighted by atomic mass is 9.99. The number of carbonyl (C=O) groups excluding carboxylic acids is 3. The van der Waals surface area contributed by atoms with Crippen molar-refractivity contribution in [3.63, 3.8) is 0 Å². The van der Waals surface area contributed by atoms with Crippen molar-refractivity contribution in [1.82, 2.24) is 0 Å². The van der Waals surface area contributed by atoms with Crippen molar-refractivity contribution in [2.45, 2.75) is 221 Å². The first-order valence-corrected chi connectivity index (χ1v) is 20.6. The summed E-state index contributed by atoms with van der Waals surface area (Å²) < 4.78 is 16.6. The monoisotopic (exact) mass is 681 g/mol. The van der Waals surface area contributed by atoms with Gasteiger partial charge in [-0.15, -0.1) is 0 Å². The van der Waals surface area contributed by atoms with Gasteiger partial charge >= 0.3 is 17.9 Å². The first kappa shape index (κ1) is 46.4. The summed E-state index contributed by atoms with van der Waals surface area (Å²) in [6.07, 6.45) is 28.3. The van der Waals surface area contributed by atoms with Crippen LogP contribution in [0.15, 0.2) is 0 Å². The van der Waals surface area contributed by atoms with Crippen LogP contribution in [0.25, 0.3) is 0 Å². The standard InChI is InChI=1S/C42H80O6/c1-7-38(6)30-24-18-10-8-9-11-19-25-31-40(43)46-34-39(48-42(45)33-27-21-15-13-17-23-29-37(4)5)35-47-41(44)32-26-20-14-12-16-22-28-36(2)3/h36-39H,7-35H2,1-6H3/t38?,39-/m1/s1. The molecule has 0 aromatic carbocycles. The number of carbonyl (C=O) groups is 3. The van der Waals surface area contributed by atoms with Gasteiger partial charge in [0.1, 0.15) is 13.2 Å². The van der Waals surface area contributed by atoms with E-state index < -0.39 is 6.10 Å². The Hall–Kier alpha value is -1.59. The van der Waals surface area contributed by atoms with Crippen LogP contribution < -0.4 is 0 Å². The number of hydrogen-bond donors (Lipinski definition) is 0. The predicted molar refractivity (Wildman–Crippen MR) is 201 cm³/mol. The quantitative estimate of drug-likeness (QED) is 0.0376. The highest BCUT2D eigenvalue weighted by Crippen LogP contribution is 2.16. The first-order valence-electron chi connectivity index (χ1n) is 20.6. The predicted octanol–water partition coefficient (Wildman–Crippen LogP) is 12.5. The Balaban J connectivity index is 4.36. The molecule has 0 spiro atoms. The summed E-state index contributed by atoms with van der Waals surface area (Å²) in [6, 6.07) is 0. The lowest BCUT2D eigenvalue weighted by Gasteiger charge is -2.18. The highest BCUT2D eigenvalue weighted by atomic mass is 16.6. The van der Waals surface area contributed by atoms with Crippen LogP contribution in [-0.4, -0.2) is 37.2 Å². The molecule has 0 rings (SSSR count). The van der Waals surface area contributed by atoms with Crippen molar-refractivity contribution in [3.05, 3.63) is 0 Å². The van der Waals surface area contributed by atoms with Crippen molar-refractivity contribution in [3.8, 4) is 0 Å². The van der Waals surface area contributed by atoms with Gasteiger partial charge in [0.2, 0.25) is 0 Å². The number of hydrogen-bond acceptors (Lipinski definition) is 6. The summed E-state index contributed by atoms with van der Waals surface area (Å²) in [5.74, 6) is 1.49. The maximum atomic E-state index is 12.6. The SMILES string of the molecule is CCC(C)CCCCCCCCCCC(=O)OC[C@H](COC(=O)CCCCCCCCC(C)C)OC(=O)CCCCCCCCC(C)C. The van der Waals surface area contributed by atoms with Crippen LogP contribution in [0.1, 0.15) is 215 Å². The summed E-state index contributed by atoms with van der Waals surface area (Å²) in [5.41, 5.74) is 0. The molecule has 0 aliphatic rings. The summed E-state index contributed by atoms with van der Waals surface area (Å²) in [7, 11) is 0. The average molecular weight is 681 g/mol. The van der Waals surface area contributed by atoms with Crippen LogP contribution in [0, 0.1) is 17.8 Å². The van der Waals surface area contributed by atoms with Crippen LogP contribution in [0.5, 0.6) is 0 Å². The highest BCUT2D eigenvalue weighted by molar-refractivity contribution is 5.71. The molecule has 6 nitrogen and oxygen atoms in total. The van der Waals surface area contributed by atoms with E-state index in [4.69, 9.17) is 14.2 Å². The number of rotatable bonds is 35. The van der Waals surface area contributed by atoms with E-state index >= 15 is 0 Å². The largest absolute Gasteiger partial charge is 0.462 e. The summed E-state index contributed by atoms with van der Waals surface area (Å²) in [4.78, 5) is 37.5. The molecule has 1 unspecified atom stereocenters. The fourth-order valence-electron chi connectivity index (χ4n) is 5.96. The van der Waals surface area contributed by atoms with E-state index in [-0.39, 0.29) is 31.1 Å². The Kier molecular flexibility index (Phi) is 32.8. The van der Waals surface area contributed by atoms with Gasteiger partial charge in [0.25, 0.3) is 0 Å². The summed E-state index contributed by atoms with van der Waals surface area (Å²) in [5, 5.41) is 0. The highest BCUT2D eigenvalue weighted by Gasteiger charge is 2.19. The van der Waals surface area contributed by atoms with Crippen LogP contribution in [-0.2, 0) is 28.6 Å². The topological polar surface area (TPSA) is 78.9 Å². The van der Waals surface area contributed by atoms with Crippen LogP contribution in [0.3, 0.4) is 0 Å². The van der Waals surface area contributed by atoms with Crippen molar-refractivity contribution in [2.75, 3.05) is 13.2 Å². The van der Waals surface area contributed by atoms with Gasteiger partial charge in [-0.25, -0.2) is 0 Å². The van der Waals surface area contributed by atoms with Gasteiger partial charge in [-0.1, -0.05) is 176 Å². The van der Waals surface area contributed by atoms with Crippen molar-refractivity contribution < 1.29 is 28.6 Å². The lowest BCUT2D eigenvalue weighted by Crippen LogP contribution is -2.30. The average Bonchev–Trinajstić information content (AvgIpc) is 3.05. The third kappa shape index (κ3) is 34.3. The molecule has 0 saturated heterocycles. The molecule has 0 fully saturated rings. The number of ether oxygens (including phenoxy) is 3. The molecule has 0 radical (unpaired) electrons. The number of esters is 3. The maximum absolute atomic E-state index is 12.6. The normalized spacial score (nSPS) is 12.8. The van der Waals surface area contributed by atoms with E-state index in [0.29, 0.717) is 19.3 Å². The minimum absolute atomic E-state index is 0.0687. The Bertz CT molecular complexity index is 748. The van der Waals surface area contributed by atoms with Crippen molar-refractivity contribution in [1.29, 1.82) is 0 Å². The molecule has 284 valence electrons. The molecule has 0 aliphatic carbocycles. The van der Waals surface area contributed by atoms with Gasteiger partial charge in [0.15, 0.2) is 6.10 Å². The van der Waals surface area contributed by atoms with Gasteiger partial charge in [0.05, 0.1) is 0 Å². The zero-order valence-electron chi connectivity index (χ0n) is 32.8. The third-order valence-corrected chi connectivity index (χ3v) is 9.51. The van der Waals surface area contributed by atoms with Crippen molar-refractivity contribution in [2.24, 2.45) is 17.8 Å². The lowest BCUT2D eigenvalue weighted by molar-refractivity contribution is -0.167. The second-order valence-corrected chi connectivity index (χ2v) is 15.5. The van der Waals surface area contributed by atoms with Crippen LogP contribution in [0.2, 0.25) is 0 Å². The Morgan fingerprint density at radius 3 is 1.08 bits per heavy atom. The van der Waals surface area contributed by atoms with E-state index in [2.05, 4.69) is 41.5 Å². The molecule has 0 aromatic heterocycles. The molecule has 0 bridgehead atoms. The smallest absolute Gasteiger partial charge is 0.306 e. The number of unbranched alkanes of at least 4 members (excludes halogenated alkanes) is 17. The molecule has 0 aromatic rings. The fraction of sp³-hybridized carbons (Fsp3) is 0.929. The molecule has 6 heteroatoms. The Morgan fingerprint density at radius 1 is 0.417 bits per heavy atom. The maximum Gasteiger partial charge on any atom is 0.306 e. The van der Waals surface area contributed by atoms with Crippen molar-refractivity contribution >= 4 is 17.9 Å². The van der Waals surface area contributed by atoms with Gasteiger partial charge in [-0.2, -0.15) is 0 Å². The molecule has 2 atom stereocenters. The first-order chi connectivity index (χ1) is 23.1. The van der Waals surface area contributed by atoms with Gasteiger partial charge in [-0.3, -0.25) is 14.4 Å². The van der Waals surface area contributed by atoms with E-state index in [1.807, 2.05) is 0 Å². The van der Waals surface area contributed by atoms with Gasteiger partial charge < -0.3 is 14.2 Å². The minimum atomic E-state index is -0.761. The second kappa shape index (κ2) is 33.9. The van der Waals surface area contributed by atoms with E-state index in [9.17, 15) is 14.4 Å².